The van der Waals surface area contributed by atoms with Crippen LogP contribution in [-0.4, -0.2) is 29.2 Å². The maximum Gasteiger partial charge on any atom is 0.162 e. The third-order valence-electron chi connectivity index (χ3n) is 3.66. The number of hydrogen-bond acceptors (Lipinski definition) is 4. The van der Waals surface area contributed by atoms with Gasteiger partial charge in [-0.2, -0.15) is 0 Å². The molecule has 2 heterocycles. The van der Waals surface area contributed by atoms with Crippen molar-refractivity contribution in [2.45, 2.75) is 36.5 Å². The molecule has 0 saturated carbocycles. The van der Waals surface area contributed by atoms with E-state index in [-0.39, 0.29) is 11.3 Å². The highest BCUT2D eigenvalue weighted by atomic mass is 32.2. The Morgan fingerprint density at radius 1 is 1.32 bits per heavy atom. The zero-order valence-corrected chi connectivity index (χ0v) is 12.1. The second-order valence-electron chi connectivity index (χ2n) is 4.93. The lowest BCUT2D eigenvalue weighted by Crippen LogP contribution is -2.27. The Kier molecular flexibility index (Phi) is 3.50. The summed E-state index contributed by atoms with van der Waals surface area (Å²) in [5, 5.41) is 3.50. The van der Waals surface area contributed by atoms with Gasteiger partial charge in [-0.15, -0.1) is 0 Å². The van der Waals surface area contributed by atoms with Crippen LogP contribution in [0.4, 0.5) is 0 Å². The van der Waals surface area contributed by atoms with E-state index in [0.29, 0.717) is 13.2 Å². The van der Waals surface area contributed by atoms with Crippen LogP contribution in [0, 0.1) is 0 Å². The van der Waals surface area contributed by atoms with Gasteiger partial charge in [-0.3, -0.25) is 4.21 Å². The summed E-state index contributed by atoms with van der Waals surface area (Å²) in [6, 6.07) is 4.04. The van der Waals surface area contributed by atoms with Crippen LogP contribution < -0.4 is 14.8 Å². The van der Waals surface area contributed by atoms with E-state index < -0.39 is 10.8 Å². The molecule has 2 aliphatic heterocycles. The molecule has 3 atom stereocenters. The molecule has 0 saturated heterocycles. The van der Waals surface area contributed by atoms with Crippen LogP contribution in [0.1, 0.15) is 31.9 Å². The molecule has 3 rings (SSSR count). The summed E-state index contributed by atoms with van der Waals surface area (Å²) in [6.07, 6.45) is 0.884. The van der Waals surface area contributed by atoms with Crippen molar-refractivity contribution in [3.05, 3.63) is 17.7 Å². The largest absolute Gasteiger partial charge is 0.490 e. The first-order valence-corrected chi connectivity index (χ1v) is 8.01. The van der Waals surface area contributed by atoms with Gasteiger partial charge in [0.2, 0.25) is 0 Å². The summed E-state index contributed by atoms with van der Waals surface area (Å²) < 4.78 is 23.8. The highest BCUT2D eigenvalue weighted by Crippen LogP contribution is 2.43. The van der Waals surface area contributed by atoms with Gasteiger partial charge in [0.15, 0.2) is 11.5 Å². The number of hydrogen-bond donors (Lipinski definition) is 1. The predicted octanol–water partition coefficient (Wildman–Crippen LogP) is 2.01. The highest BCUT2D eigenvalue weighted by Gasteiger charge is 2.36. The first-order chi connectivity index (χ1) is 9.22. The molecule has 5 heteroatoms. The summed E-state index contributed by atoms with van der Waals surface area (Å²) in [5.41, 5.74) is 1.09. The van der Waals surface area contributed by atoms with Crippen molar-refractivity contribution in [2.75, 3.05) is 19.8 Å². The molecule has 0 radical (unpaired) electrons. The van der Waals surface area contributed by atoms with Crippen LogP contribution >= 0.6 is 0 Å². The van der Waals surface area contributed by atoms with Gasteiger partial charge in [-0.1, -0.05) is 6.92 Å². The van der Waals surface area contributed by atoms with E-state index >= 15 is 0 Å². The van der Waals surface area contributed by atoms with Gasteiger partial charge in [0, 0.05) is 23.4 Å². The van der Waals surface area contributed by atoms with Crippen LogP contribution in [0.15, 0.2) is 17.0 Å². The molecule has 1 N–H and O–H groups in total. The Labute approximate surface area is 115 Å². The first-order valence-electron chi connectivity index (χ1n) is 6.80. The third kappa shape index (κ3) is 2.15. The molecular formula is C14H19NO3S. The van der Waals surface area contributed by atoms with Gasteiger partial charge in [0.05, 0.1) is 29.3 Å². The van der Waals surface area contributed by atoms with Crippen LogP contribution in [0.25, 0.3) is 0 Å². The average molecular weight is 281 g/mol. The number of fused-ring (bicyclic) bond motifs is 2. The average Bonchev–Trinajstić information content (AvgIpc) is 2.62. The minimum atomic E-state index is -0.976. The standard InChI is InChI=1S/C14H19NO3S/c1-3-15-14-9(2)19(16)13-8-12-11(7-10(13)14)17-5-4-6-18-12/h7-9,14-15H,3-6H2,1-2H3. The topological polar surface area (TPSA) is 47.6 Å². The summed E-state index contributed by atoms with van der Waals surface area (Å²) in [7, 11) is -0.976. The minimum absolute atomic E-state index is 0.0843. The van der Waals surface area contributed by atoms with Crippen molar-refractivity contribution < 1.29 is 13.7 Å². The zero-order valence-electron chi connectivity index (χ0n) is 11.3. The lowest BCUT2D eigenvalue weighted by atomic mass is 10.0. The summed E-state index contributed by atoms with van der Waals surface area (Å²) in [4.78, 5) is 0.891. The lowest BCUT2D eigenvalue weighted by molar-refractivity contribution is 0.296. The highest BCUT2D eigenvalue weighted by molar-refractivity contribution is 7.86. The molecule has 0 bridgehead atoms. The van der Waals surface area contributed by atoms with Crippen LogP contribution in [0.2, 0.25) is 0 Å². The van der Waals surface area contributed by atoms with E-state index in [1.165, 1.54) is 0 Å². The minimum Gasteiger partial charge on any atom is -0.490 e. The quantitative estimate of drug-likeness (QED) is 0.901. The van der Waals surface area contributed by atoms with E-state index in [0.717, 1.165) is 34.9 Å². The maximum absolute atomic E-state index is 12.4. The fourth-order valence-electron chi connectivity index (χ4n) is 2.70. The second-order valence-corrected chi connectivity index (χ2v) is 6.70. The normalized spacial score (nSPS) is 28.8. The lowest BCUT2D eigenvalue weighted by Gasteiger charge is -2.17. The number of nitrogens with one attached hydrogen (secondary N) is 1. The van der Waals surface area contributed by atoms with E-state index in [1.54, 1.807) is 0 Å². The van der Waals surface area contributed by atoms with Crippen molar-refractivity contribution in [1.82, 2.24) is 5.32 Å². The molecule has 19 heavy (non-hydrogen) atoms. The SMILES string of the molecule is CCNC1c2cc3c(cc2S(=O)C1C)OCCCO3. The van der Waals surface area contributed by atoms with E-state index in [2.05, 4.69) is 12.2 Å². The molecule has 1 aromatic carbocycles. The Bertz CT molecular complexity index is 518. The van der Waals surface area contributed by atoms with Crippen molar-refractivity contribution in [2.24, 2.45) is 0 Å². The molecule has 0 spiro atoms. The zero-order chi connectivity index (χ0) is 13.4. The van der Waals surface area contributed by atoms with Gasteiger partial charge in [0.1, 0.15) is 0 Å². The fourth-order valence-corrected chi connectivity index (χ4v) is 4.23. The maximum atomic E-state index is 12.4. The van der Waals surface area contributed by atoms with Gasteiger partial charge in [-0.25, -0.2) is 0 Å². The second kappa shape index (κ2) is 5.13. The van der Waals surface area contributed by atoms with Gasteiger partial charge >= 0.3 is 0 Å². The van der Waals surface area contributed by atoms with E-state index in [9.17, 15) is 4.21 Å². The molecule has 0 aromatic heterocycles. The Hall–Kier alpha value is -1.07. The van der Waals surface area contributed by atoms with Crippen molar-refractivity contribution in [3.8, 4) is 11.5 Å². The third-order valence-corrected chi connectivity index (χ3v) is 5.40. The number of rotatable bonds is 2. The van der Waals surface area contributed by atoms with E-state index in [1.807, 2.05) is 19.1 Å². The monoisotopic (exact) mass is 281 g/mol. The van der Waals surface area contributed by atoms with Gasteiger partial charge in [0.25, 0.3) is 0 Å². The molecule has 1 aromatic rings. The molecule has 0 aliphatic carbocycles. The Morgan fingerprint density at radius 3 is 2.68 bits per heavy atom. The molecule has 0 fully saturated rings. The fraction of sp³-hybridized carbons (Fsp3) is 0.571. The van der Waals surface area contributed by atoms with Crippen molar-refractivity contribution >= 4 is 10.8 Å². The van der Waals surface area contributed by atoms with Crippen LogP contribution in [0.5, 0.6) is 11.5 Å². The van der Waals surface area contributed by atoms with E-state index in [4.69, 9.17) is 9.47 Å². The Balaban J connectivity index is 2.06. The molecule has 0 amide bonds. The summed E-state index contributed by atoms with van der Waals surface area (Å²) in [6.45, 7) is 6.29. The van der Waals surface area contributed by atoms with Gasteiger partial charge < -0.3 is 14.8 Å². The summed E-state index contributed by atoms with van der Waals surface area (Å²) in [5.74, 6) is 1.51. The van der Waals surface area contributed by atoms with Crippen LogP contribution in [0.3, 0.4) is 0 Å². The van der Waals surface area contributed by atoms with Crippen LogP contribution in [-0.2, 0) is 10.8 Å². The molecule has 104 valence electrons. The van der Waals surface area contributed by atoms with Gasteiger partial charge in [-0.05, 0) is 25.1 Å². The molecular weight excluding hydrogens is 262 g/mol. The predicted molar refractivity (Wildman–Crippen MR) is 74.3 cm³/mol. The molecule has 3 unspecified atom stereocenters. The first kappa shape index (κ1) is 12.9. The van der Waals surface area contributed by atoms with Crippen molar-refractivity contribution in [3.63, 3.8) is 0 Å². The number of ether oxygens (including phenoxy) is 2. The van der Waals surface area contributed by atoms with Crippen molar-refractivity contribution in [1.29, 1.82) is 0 Å². The number of benzene rings is 1. The smallest absolute Gasteiger partial charge is 0.162 e. The molecule has 4 nitrogen and oxygen atoms in total. The Morgan fingerprint density at radius 2 is 2.00 bits per heavy atom. The summed E-state index contributed by atoms with van der Waals surface area (Å²) >= 11 is 0. The molecule has 2 aliphatic rings.